The molecule has 2 atom stereocenters. The number of benzene rings is 4. The number of anilines is 3. The predicted molar refractivity (Wildman–Crippen MR) is 156 cm³/mol. The number of carbonyl (C=O) groups excluding carboxylic acids is 2. The summed E-state index contributed by atoms with van der Waals surface area (Å²) in [5.74, 6) is -0.947. The van der Waals surface area contributed by atoms with E-state index in [2.05, 4.69) is 15.9 Å². The van der Waals surface area contributed by atoms with Crippen LogP contribution in [0.15, 0.2) is 95.5 Å². The van der Waals surface area contributed by atoms with Crippen LogP contribution < -0.4 is 9.80 Å². The highest BCUT2D eigenvalue weighted by Gasteiger charge is 2.52. The highest BCUT2D eigenvalue weighted by Crippen LogP contribution is 2.47. The second-order valence-electron chi connectivity index (χ2n) is 10.0. The van der Waals surface area contributed by atoms with Crippen LogP contribution in [0.3, 0.4) is 0 Å². The first-order chi connectivity index (χ1) is 18.8. The van der Waals surface area contributed by atoms with E-state index in [-0.39, 0.29) is 19.1 Å². The van der Waals surface area contributed by atoms with Gasteiger partial charge in [0.2, 0.25) is 0 Å². The highest BCUT2D eigenvalue weighted by atomic mass is 79.9. The van der Waals surface area contributed by atoms with Crippen LogP contribution in [0.1, 0.15) is 34.8 Å². The van der Waals surface area contributed by atoms with Crippen molar-refractivity contribution < 1.29 is 19.8 Å². The molecule has 39 heavy (non-hydrogen) atoms. The summed E-state index contributed by atoms with van der Waals surface area (Å²) in [6.07, 6.45) is 4.02. The van der Waals surface area contributed by atoms with E-state index in [1.165, 1.54) is 0 Å². The first-order valence-corrected chi connectivity index (χ1v) is 13.7. The zero-order valence-electron chi connectivity index (χ0n) is 21.3. The van der Waals surface area contributed by atoms with Crippen LogP contribution in [0, 0.1) is 5.92 Å². The van der Waals surface area contributed by atoms with E-state index in [4.69, 9.17) is 5.11 Å². The van der Waals surface area contributed by atoms with Gasteiger partial charge in [-0.1, -0.05) is 71.4 Å². The Labute approximate surface area is 234 Å². The molecule has 4 aromatic rings. The van der Waals surface area contributed by atoms with Crippen molar-refractivity contribution in [2.45, 2.75) is 25.5 Å². The molecule has 6 rings (SSSR count). The maximum absolute atomic E-state index is 13.7. The van der Waals surface area contributed by atoms with Crippen molar-refractivity contribution in [3.8, 4) is 0 Å². The molecule has 2 amide bonds. The number of rotatable bonds is 7. The number of aliphatic hydroxyl groups is 2. The van der Waals surface area contributed by atoms with Gasteiger partial charge in [0, 0.05) is 33.6 Å². The summed E-state index contributed by atoms with van der Waals surface area (Å²) in [4.78, 5) is 30.4. The topological polar surface area (TPSA) is 81.1 Å². The zero-order chi connectivity index (χ0) is 27.3. The van der Waals surface area contributed by atoms with E-state index in [0.717, 1.165) is 32.2 Å². The number of hydrogen-bond donors (Lipinski definition) is 2. The molecule has 196 valence electrons. The van der Waals surface area contributed by atoms with Crippen LogP contribution in [0.25, 0.3) is 10.8 Å². The van der Waals surface area contributed by atoms with Crippen LogP contribution in [0.4, 0.5) is 17.1 Å². The van der Waals surface area contributed by atoms with Crippen LogP contribution >= 0.6 is 15.9 Å². The summed E-state index contributed by atoms with van der Waals surface area (Å²) in [6, 6.07) is 24.8. The van der Waals surface area contributed by atoms with Crippen LogP contribution in [0.2, 0.25) is 0 Å². The second-order valence-corrected chi connectivity index (χ2v) is 11.0. The molecule has 2 aliphatic heterocycles. The number of hydrogen-bond acceptors (Lipinski definition) is 4. The second kappa shape index (κ2) is 9.75. The van der Waals surface area contributed by atoms with Crippen LogP contribution in [0.5, 0.6) is 0 Å². The molecule has 6 nitrogen and oxygen atoms in total. The Bertz CT molecular complexity index is 1640. The monoisotopic (exact) mass is 582 g/mol. The van der Waals surface area contributed by atoms with Crippen molar-refractivity contribution in [2.75, 3.05) is 16.4 Å². The summed E-state index contributed by atoms with van der Waals surface area (Å²) >= 11 is 3.48. The van der Waals surface area contributed by atoms with Gasteiger partial charge >= 0.3 is 0 Å². The van der Waals surface area contributed by atoms with Crippen LogP contribution in [-0.4, -0.2) is 28.6 Å². The average Bonchev–Trinajstić information content (AvgIpc) is 3.35. The van der Waals surface area contributed by atoms with Crippen molar-refractivity contribution in [3.05, 3.63) is 112 Å². The fourth-order valence-electron chi connectivity index (χ4n) is 5.70. The number of aliphatic hydroxyl groups excluding tert-OH is 1. The van der Waals surface area contributed by atoms with Gasteiger partial charge in [0.25, 0.3) is 11.8 Å². The van der Waals surface area contributed by atoms with Crippen molar-refractivity contribution in [3.63, 3.8) is 0 Å². The van der Waals surface area contributed by atoms with E-state index in [9.17, 15) is 14.7 Å². The average molecular weight is 583 g/mol. The van der Waals surface area contributed by atoms with Gasteiger partial charge in [-0.25, -0.2) is 0 Å². The maximum atomic E-state index is 13.7. The summed E-state index contributed by atoms with van der Waals surface area (Å²) in [5.41, 5.74) is 2.67. The Morgan fingerprint density at radius 1 is 0.974 bits per heavy atom. The van der Waals surface area contributed by atoms with Gasteiger partial charge < -0.3 is 15.1 Å². The minimum absolute atomic E-state index is 0.00408. The SMILES string of the molecule is C[C@@H](/C=C/CCO)[C@]1(O)C(=O)N(Cc2ccc(N3C(=O)c4cccc5cccc3c45)cc2)c2ccc(Br)cc21. The standard InChI is InChI=1S/C32H27BrN2O4/c1-20(6-2-3-17-36)32(39)26-18-23(33)13-16-27(26)34(31(32)38)19-21-11-14-24(15-12-21)35-28-10-5-8-22-7-4-9-25(29(22)28)30(35)37/h2,4-16,18,20,36,39H,3,17,19H2,1H3/b6-2+/t20-,32+/m0/s1. The minimum atomic E-state index is -1.72. The molecule has 7 heteroatoms. The Hall–Kier alpha value is -3.78. The number of fused-ring (bicyclic) bond motifs is 1. The number of carbonyl (C=O) groups is 2. The Morgan fingerprint density at radius 2 is 1.72 bits per heavy atom. The highest BCUT2D eigenvalue weighted by molar-refractivity contribution is 9.10. The lowest BCUT2D eigenvalue weighted by Gasteiger charge is -2.28. The lowest BCUT2D eigenvalue weighted by Crippen LogP contribution is -2.44. The van der Waals surface area contributed by atoms with Gasteiger partial charge in [-0.15, -0.1) is 0 Å². The Morgan fingerprint density at radius 3 is 2.46 bits per heavy atom. The van der Waals surface area contributed by atoms with Gasteiger partial charge in [-0.3, -0.25) is 14.5 Å². The normalized spacial score (nSPS) is 19.0. The fourth-order valence-corrected chi connectivity index (χ4v) is 6.06. The number of amides is 2. The summed E-state index contributed by atoms with van der Waals surface area (Å²) < 4.78 is 0.775. The lowest BCUT2D eigenvalue weighted by molar-refractivity contribution is -0.139. The molecule has 0 unspecified atom stereocenters. The maximum Gasteiger partial charge on any atom is 0.264 e. The molecule has 0 bridgehead atoms. The molecule has 0 radical (unpaired) electrons. The molecule has 0 aromatic heterocycles. The quantitative estimate of drug-likeness (QED) is 0.254. The first kappa shape index (κ1) is 25.5. The van der Waals surface area contributed by atoms with E-state index in [1.807, 2.05) is 72.8 Å². The van der Waals surface area contributed by atoms with Gasteiger partial charge in [0.05, 0.1) is 23.5 Å². The third kappa shape index (κ3) is 4.00. The Kier molecular flexibility index (Phi) is 6.38. The molecule has 0 aliphatic carbocycles. The fraction of sp³-hybridized carbons (Fsp3) is 0.188. The number of nitrogens with zero attached hydrogens (tertiary/aromatic N) is 2. The zero-order valence-corrected chi connectivity index (χ0v) is 22.9. The van der Waals surface area contributed by atoms with Crippen LogP contribution in [-0.2, 0) is 16.9 Å². The van der Waals surface area contributed by atoms with Crippen molar-refractivity contribution >= 4 is 55.6 Å². The summed E-state index contributed by atoms with van der Waals surface area (Å²) in [5, 5.41) is 22.9. The van der Waals surface area contributed by atoms with Gasteiger partial charge in [-0.2, -0.15) is 0 Å². The Balaban J connectivity index is 1.30. The first-order valence-electron chi connectivity index (χ1n) is 12.9. The summed E-state index contributed by atoms with van der Waals surface area (Å²) in [7, 11) is 0. The molecule has 2 aliphatic rings. The van der Waals surface area contributed by atoms with Crippen molar-refractivity contribution in [1.29, 1.82) is 0 Å². The van der Waals surface area contributed by atoms with E-state index >= 15 is 0 Å². The molecule has 0 saturated heterocycles. The smallest absolute Gasteiger partial charge is 0.264 e. The molecule has 2 N–H and O–H groups in total. The third-order valence-corrected chi connectivity index (χ3v) is 8.20. The minimum Gasteiger partial charge on any atom is -0.396 e. The van der Waals surface area contributed by atoms with Gasteiger partial charge in [0.15, 0.2) is 5.60 Å². The lowest BCUT2D eigenvalue weighted by atomic mass is 9.83. The molecule has 2 heterocycles. The van der Waals surface area contributed by atoms with E-state index in [0.29, 0.717) is 23.2 Å². The molecule has 0 saturated carbocycles. The molecular formula is C32H27BrN2O4. The van der Waals surface area contributed by atoms with E-state index < -0.39 is 17.4 Å². The van der Waals surface area contributed by atoms with Crippen molar-refractivity contribution in [1.82, 2.24) is 0 Å². The largest absolute Gasteiger partial charge is 0.396 e. The van der Waals surface area contributed by atoms with Crippen molar-refractivity contribution in [2.24, 2.45) is 5.92 Å². The van der Waals surface area contributed by atoms with Gasteiger partial charge in [-0.05, 0) is 59.8 Å². The molecule has 0 fully saturated rings. The molecule has 4 aromatic carbocycles. The third-order valence-electron chi connectivity index (χ3n) is 7.70. The van der Waals surface area contributed by atoms with Gasteiger partial charge in [0.1, 0.15) is 0 Å². The number of halogens is 1. The molecular weight excluding hydrogens is 556 g/mol. The molecule has 0 spiro atoms. The van der Waals surface area contributed by atoms with E-state index in [1.54, 1.807) is 34.9 Å². The predicted octanol–water partition coefficient (Wildman–Crippen LogP) is 6.20. The summed E-state index contributed by atoms with van der Waals surface area (Å²) in [6.45, 7) is 2.08.